The van der Waals surface area contributed by atoms with Crippen LogP contribution < -0.4 is 0 Å². The van der Waals surface area contributed by atoms with Crippen molar-refractivity contribution in [3.05, 3.63) is 47.5 Å². The Morgan fingerprint density at radius 3 is 2.86 bits per heavy atom. The van der Waals surface area contributed by atoms with Crippen LogP contribution in [0.1, 0.15) is 20.3 Å². The Labute approximate surface area is 84.3 Å². The van der Waals surface area contributed by atoms with E-state index in [1.807, 2.05) is 26.0 Å². The third kappa shape index (κ3) is 2.59. The van der Waals surface area contributed by atoms with E-state index < -0.39 is 0 Å². The molecular formula is C12H15FO. The minimum Gasteiger partial charge on any atom is -0.489 e. The number of fused-ring (bicyclic) bond motifs is 1. The van der Waals surface area contributed by atoms with E-state index in [1.165, 1.54) is 6.08 Å². The summed E-state index contributed by atoms with van der Waals surface area (Å²) in [7, 11) is 0. The van der Waals surface area contributed by atoms with Gasteiger partial charge in [-0.05, 0) is 24.3 Å². The molecule has 0 amide bonds. The molecule has 0 radical (unpaired) electrons. The largest absolute Gasteiger partial charge is 0.489 e. The normalized spacial score (nSPS) is 18.6. The maximum atomic E-state index is 12.8. The number of ether oxygens (including phenoxy) is 1. The second-order valence-corrected chi connectivity index (χ2v) is 2.72. The first-order chi connectivity index (χ1) is 6.86. The van der Waals surface area contributed by atoms with E-state index in [-0.39, 0.29) is 5.83 Å². The van der Waals surface area contributed by atoms with Crippen molar-refractivity contribution >= 4 is 0 Å². The Kier molecular flexibility index (Phi) is 4.17. The standard InChI is InChI=1S/C10H9FO.C2H6/c11-9-4-3-8-2-1-7-12-10(8)6-5-9;1-2/h1-4,6H,5,7H2;1-2H3. The number of rotatable bonds is 0. The zero-order chi connectivity index (χ0) is 10.4. The van der Waals surface area contributed by atoms with E-state index in [0.717, 1.165) is 11.3 Å². The highest BCUT2D eigenvalue weighted by Gasteiger charge is 2.09. The van der Waals surface area contributed by atoms with Crippen molar-refractivity contribution < 1.29 is 9.13 Å². The van der Waals surface area contributed by atoms with Gasteiger partial charge in [-0.15, -0.1) is 0 Å². The van der Waals surface area contributed by atoms with Crippen LogP contribution in [0.15, 0.2) is 47.5 Å². The van der Waals surface area contributed by atoms with Gasteiger partial charge in [0.15, 0.2) is 0 Å². The summed E-state index contributed by atoms with van der Waals surface area (Å²) < 4.78 is 18.1. The molecule has 0 aromatic heterocycles. The Morgan fingerprint density at radius 2 is 2.07 bits per heavy atom. The summed E-state index contributed by atoms with van der Waals surface area (Å²) >= 11 is 0. The number of hydrogen-bond acceptors (Lipinski definition) is 1. The molecule has 0 atom stereocenters. The zero-order valence-corrected chi connectivity index (χ0v) is 8.59. The third-order valence-electron chi connectivity index (χ3n) is 1.84. The molecule has 0 aromatic carbocycles. The summed E-state index contributed by atoms with van der Waals surface area (Å²) in [5.41, 5.74) is 0.953. The van der Waals surface area contributed by atoms with Crippen LogP contribution in [-0.2, 0) is 4.74 Å². The van der Waals surface area contributed by atoms with E-state index >= 15 is 0 Å². The van der Waals surface area contributed by atoms with E-state index in [4.69, 9.17) is 4.74 Å². The summed E-state index contributed by atoms with van der Waals surface area (Å²) in [5.74, 6) is 0.669. The van der Waals surface area contributed by atoms with Crippen molar-refractivity contribution in [2.75, 3.05) is 6.61 Å². The van der Waals surface area contributed by atoms with Crippen LogP contribution in [0, 0.1) is 0 Å². The van der Waals surface area contributed by atoms with Crippen molar-refractivity contribution in [1.82, 2.24) is 0 Å². The molecular weight excluding hydrogens is 179 g/mol. The van der Waals surface area contributed by atoms with Crippen molar-refractivity contribution in [2.24, 2.45) is 0 Å². The Bertz CT molecular complexity index is 308. The molecule has 2 rings (SSSR count). The summed E-state index contributed by atoms with van der Waals surface area (Å²) in [6.07, 6.45) is 9.20. The van der Waals surface area contributed by atoms with Gasteiger partial charge in [0.1, 0.15) is 18.2 Å². The monoisotopic (exact) mass is 194 g/mol. The van der Waals surface area contributed by atoms with Gasteiger partial charge in [-0.2, -0.15) is 0 Å². The molecule has 0 saturated carbocycles. The molecule has 0 aromatic rings. The van der Waals surface area contributed by atoms with Gasteiger partial charge in [0.2, 0.25) is 0 Å². The van der Waals surface area contributed by atoms with E-state index in [0.29, 0.717) is 13.0 Å². The summed E-state index contributed by atoms with van der Waals surface area (Å²) in [6.45, 7) is 4.59. The van der Waals surface area contributed by atoms with E-state index in [2.05, 4.69) is 0 Å². The molecule has 2 aliphatic rings. The number of halogens is 1. The van der Waals surface area contributed by atoms with Crippen LogP contribution in [-0.4, -0.2) is 6.61 Å². The molecule has 0 spiro atoms. The maximum Gasteiger partial charge on any atom is 0.123 e. The van der Waals surface area contributed by atoms with Crippen LogP contribution in [0.4, 0.5) is 4.39 Å². The molecule has 0 N–H and O–H groups in total. The van der Waals surface area contributed by atoms with Crippen LogP contribution in [0.3, 0.4) is 0 Å². The highest BCUT2D eigenvalue weighted by atomic mass is 19.1. The molecule has 0 fully saturated rings. The molecule has 0 bridgehead atoms. The smallest absolute Gasteiger partial charge is 0.123 e. The van der Waals surface area contributed by atoms with Gasteiger partial charge in [-0.1, -0.05) is 19.9 Å². The topological polar surface area (TPSA) is 9.23 Å². The minimum absolute atomic E-state index is 0.124. The molecule has 14 heavy (non-hydrogen) atoms. The lowest BCUT2D eigenvalue weighted by atomic mass is 10.1. The SMILES string of the molecule is CC.FC1=CC=C2C=CCOC2=CC1. The van der Waals surface area contributed by atoms with Gasteiger partial charge in [0, 0.05) is 12.0 Å². The average Bonchev–Trinajstić information content (AvgIpc) is 2.45. The fourth-order valence-corrected chi connectivity index (χ4v) is 1.23. The second-order valence-electron chi connectivity index (χ2n) is 2.72. The van der Waals surface area contributed by atoms with Crippen molar-refractivity contribution in [3.63, 3.8) is 0 Å². The van der Waals surface area contributed by atoms with Gasteiger partial charge in [0.25, 0.3) is 0 Å². The first-order valence-corrected chi connectivity index (χ1v) is 4.92. The van der Waals surface area contributed by atoms with Crippen molar-refractivity contribution in [1.29, 1.82) is 0 Å². The highest BCUT2D eigenvalue weighted by molar-refractivity contribution is 5.42. The average molecular weight is 194 g/mol. The van der Waals surface area contributed by atoms with Gasteiger partial charge < -0.3 is 4.74 Å². The molecule has 2 heteroatoms. The minimum atomic E-state index is -0.124. The highest BCUT2D eigenvalue weighted by Crippen LogP contribution is 2.23. The lowest BCUT2D eigenvalue weighted by Crippen LogP contribution is -1.99. The molecule has 1 aliphatic carbocycles. The van der Waals surface area contributed by atoms with Crippen molar-refractivity contribution in [2.45, 2.75) is 20.3 Å². The lowest BCUT2D eigenvalue weighted by Gasteiger charge is -2.12. The lowest BCUT2D eigenvalue weighted by molar-refractivity contribution is 0.250. The molecule has 1 heterocycles. The molecule has 76 valence electrons. The van der Waals surface area contributed by atoms with Crippen LogP contribution in [0.2, 0.25) is 0 Å². The number of allylic oxidation sites excluding steroid dienone is 5. The summed E-state index contributed by atoms with van der Waals surface area (Å²) in [4.78, 5) is 0. The first-order valence-electron chi connectivity index (χ1n) is 4.92. The van der Waals surface area contributed by atoms with Crippen LogP contribution in [0.5, 0.6) is 0 Å². The summed E-state index contributed by atoms with van der Waals surface area (Å²) in [6, 6.07) is 0. The van der Waals surface area contributed by atoms with Gasteiger partial charge in [0.05, 0.1) is 0 Å². The molecule has 1 nitrogen and oxygen atoms in total. The summed E-state index contributed by atoms with van der Waals surface area (Å²) in [5, 5.41) is 0. The predicted octanol–water partition coefficient (Wildman–Crippen LogP) is 3.67. The fraction of sp³-hybridized carbons (Fsp3) is 0.333. The Balaban J connectivity index is 0.000000461. The van der Waals surface area contributed by atoms with Gasteiger partial charge in [-0.3, -0.25) is 0 Å². The van der Waals surface area contributed by atoms with Crippen LogP contribution in [0.25, 0.3) is 0 Å². The van der Waals surface area contributed by atoms with Gasteiger partial charge in [-0.25, -0.2) is 4.39 Å². The molecule has 1 aliphatic heterocycles. The molecule has 0 unspecified atom stereocenters. The van der Waals surface area contributed by atoms with Crippen LogP contribution >= 0.6 is 0 Å². The first kappa shape index (κ1) is 10.8. The maximum absolute atomic E-state index is 12.8. The van der Waals surface area contributed by atoms with E-state index in [9.17, 15) is 4.39 Å². The Morgan fingerprint density at radius 1 is 1.29 bits per heavy atom. The second kappa shape index (κ2) is 5.43. The van der Waals surface area contributed by atoms with E-state index in [1.54, 1.807) is 12.2 Å². The third-order valence-corrected chi connectivity index (χ3v) is 1.84. The number of hydrogen-bond donors (Lipinski definition) is 0. The predicted molar refractivity (Wildman–Crippen MR) is 56.4 cm³/mol. The molecule has 0 saturated heterocycles. The quantitative estimate of drug-likeness (QED) is 0.571. The Hall–Kier alpha value is -1.31. The van der Waals surface area contributed by atoms with Crippen molar-refractivity contribution in [3.8, 4) is 0 Å². The van der Waals surface area contributed by atoms with Gasteiger partial charge >= 0.3 is 0 Å². The zero-order valence-electron chi connectivity index (χ0n) is 8.59. The fourth-order valence-electron chi connectivity index (χ4n) is 1.23.